The van der Waals surface area contributed by atoms with Crippen LogP contribution in [0.5, 0.6) is 0 Å². The monoisotopic (exact) mass is 837 g/mol. The largest absolute Gasteiger partial charge is 0.394 e. The van der Waals surface area contributed by atoms with Crippen LogP contribution in [0, 0.1) is 0 Å². The van der Waals surface area contributed by atoms with Crippen molar-refractivity contribution in [1.29, 1.82) is 0 Å². The van der Waals surface area contributed by atoms with Crippen LogP contribution < -0.4 is 5.32 Å². The summed E-state index contributed by atoms with van der Waals surface area (Å²) in [6.45, 7) is 0.922. The summed E-state index contributed by atoms with van der Waals surface area (Å²) in [5, 5.41) is 150. The molecule has 0 saturated carbocycles. The molecule has 5 rings (SSSR count). The van der Waals surface area contributed by atoms with Gasteiger partial charge in [-0.05, 0) is 13.8 Å². The summed E-state index contributed by atoms with van der Waals surface area (Å²) in [5.41, 5.74) is 0. The van der Waals surface area contributed by atoms with Gasteiger partial charge in [-0.3, -0.25) is 4.79 Å². The lowest BCUT2D eigenvalue weighted by Crippen LogP contribution is -2.71. The predicted octanol–water partition coefficient (Wildman–Crippen LogP) is -9.73. The molecule has 0 spiro atoms. The number of carbonyl (C=O) groups excluding carboxylic acids is 1. The van der Waals surface area contributed by atoms with Gasteiger partial charge >= 0.3 is 0 Å². The van der Waals surface area contributed by atoms with Crippen LogP contribution in [0.1, 0.15) is 20.8 Å². The van der Waals surface area contributed by atoms with Crippen LogP contribution in [-0.4, -0.2) is 251 Å². The number of carbonyl (C=O) groups is 1. The maximum absolute atomic E-state index is 12.8. The van der Waals surface area contributed by atoms with E-state index < -0.39 is 179 Å². The van der Waals surface area contributed by atoms with Crippen molar-refractivity contribution in [1.82, 2.24) is 5.32 Å². The van der Waals surface area contributed by atoms with E-state index in [0.717, 1.165) is 6.92 Å². The third-order valence-electron chi connectivity index (χ3n) is 10.6. The second-order valence-corrected chi connectivity index (χ2v) is 14.7. The number of aliphatic hydroxyl groups is 14. The third kappa shape index (κ3) is 9.71. The van der Waals surface area contributed by atoms with Crippen molar-refractivity contribution in [3.05, 3.63) is 0 Å². The van der Waals surface area contributed by atoms with E-state index in [-0.39, 0.29) is 0 Å². The van der Waals surface area contributed by atoms with E-state index in [1.165, 1.54) is 13.8 Å². The molecule has 0 aromatic heterocycles. The lowest BCUT2D eigenvalue weighted by molar-refractivity contribution is -0.397. The number of aliphatic hydroxyl groups excluding tert-OH is 14. The molecule has 332 valence electrons. The Hall–Kier alpha value is -1.45. The average molecular weight is 838 g/mol. The molecule has 25 heteroatoms. The molecule has 0 bridgehead atoms. The fraction of sp³-hybridized carbons (Fsp3) is 0.969. The fourth-order valence-corrected chi connectivity index (χ4v) is 7.29. The Labute approximate surface area is 324 Å². The summed E-state index contributed by atoms with van der Waals surface area (Å²) >= 11 is 0. The molecule has 1 amide bonds. The van der Waals surface area contributed by atoms with Crippen LogP contribution in [-0.2, 0) is 47.4 Å². The molecule has 25 nitrogen and oxygen atoms in total. The van der Waals surface area contributed by atoms with Gasteiger partial charge in [0.2, 0.25) is 5.91 Å². The first-order valence-electron chi connectivity index (χ1n) is 18.3. The zero-order valence-electron chi connectivity index (χ0n) is 30.9. The summed E-state index contributed by atoms with van der Waals surface area (Å²) in [7, 11) is 0. The topological polar surface area (TPSA) is 395 Å². The highest BCUT2D eigenvalue weighted by Crippen LogP contribution is 2.37. The molecule has 5 aliphatic heterocycles. The maximum Gasteiger partial charge on any atom is 0.217 e. The van der Waals surface area contributed by atoms with E-state index in [1.54, 1.807) is 0 Å². The standard InChI is InChI=1S/C32H55NO24/c1-7-14(38)18(42)21(45)30(49-7)54-24-12(6-36)53-29(56-26-17(41)11(5-35)51-28(48)23(26)47)13(33-9(3)37)25(24)55-32-27(20(44)16(40)10(4-34)52-32)57-31-22(46)19(43)15(39)8(2)50-31/h7-8,10-32,34-36,38-48H,4-6H2,1-3H3,(H,33,37)/t7?,8?,10?,11?,12?,13?,14-,15-,16+,17+,18+,19+,20+,21?,22?,23?,24+,25-,26+,27?,28-,29+,30+,31+,32+/m1/s1. The molecule has 5 heterocycles. The van der Waals surface area contributed by atoms with E-state index >= 15 is 0 Å². The second kappa shape index (κ2) is 19.5. The summed E-state index contributed by atoms with van der Waals surface area (Å²) in [5.74, 6) is -0.823. The minimum absolute atomic E-state index is 0.823. The SMILES string of the molecule is CC(=O)NC1[C@H](O[C@@H]2C(O)[C@H](O)OC(CO)[C@@H]2O)OC(CO)[C@H](O[C@@H]2OC(C)[C@@H](O)[C@H](O)C2O)[C@@H]1O[C@@H]1OC(CO)[C@H](O)[C@H](O)C1O[C@@H]1OC(C)[C@@H](O)[C@H](O)C1O. The number of hydrogen-bond acceptors (Lipinski definition) is 24. The van der Waals surface area contributed by atoms with Gasteiger partial charge in [0.05, 0.1) is 32.0 Å². The molecule has 0 aliphatic carbocycles. The summed E-state index contributed by atoms with van der Waals surface area (Å²) in [6.07, 6.45) is -42.6. The van der Waals surface area contributed by atoms with Crippen molar-refractivity contribution < 1.29 is 119 Å². The minimum atomic E-state index is -2.04. The molecular formula is C32H55NO24. The maximum atomic E-state index is 12.8. The van der Waals surface area contributed by atoms with Gasteiger partial charge in [-0.1, -0.05) is 0 Å². The van der Waals surface area contributed by atoms with Gasteiger partial charge in [0, 0.05) is 6.92 Å². The van der Waals surface area contributed by atoms with Crippen molar-refractivity contribution in [2.75, 3.05) is 19.8 Å². The molecule has 10 unspecified atom stereocenters. The van der Waals surface area contributed by atoms with Gasteiger partial charge < -0.3 is 119 Å². The lowest BCUT2D eigenvalue weighted by atomic mass is 9.93. The van der Waals surface area contributed by atoms with Crippen LogP contribution >= 0.6 is 0 Å². The van der Waals surface area contributed by atoms with Crippen molar-refractivity contribution in [3.63, 3.8) is 0 Å². The van der Waals surface area contributed by atoms with Crippen LogP contribution in [0.4, 0.5) is 0 Å². The zero-order chi connectivity index (χ0) is 42.2. The number of hydrogen-bond donors (Lipinski definition) is 15. The number of ether oxygens (including phenoxy) is 9. The first kappa shape index (κ1) is 46.6. The molecule has 0 radical (unpaired) electrons. The second-order valence-electron chi connectivity index (χ2n) is 14.7. The van der Waals surface area contributed by atoms with Crippen molar-refractivity contribution in [2.24, 2.45) is 0 Å². The van der Waals surface area contributed by atoms with E-state index in [9.17, 15) is 76.3 Å². The smallest absolute Gasteiger partial charge is 0.217 e. The molecule has 5 saturated heterocycles. The number of nitrogens with one attached hydrogen (secondary N) is 1. The van der Waals surface area contributed by atoms with Crippen LogP contribution in [0.25, 0.3) is 0 Å². The molecule has 5 aliphatic rings. The predicted molar refractivity (Wildman–Crippen MR) is 175 cm³/mol. The van der Waals surface area contributed by atoms with Gasteiger partial charge in [-0.25, -0.2) is 0 Å². The Morgan fingerprint density at radius 3 is 1.42 bits per heavy atom. The van der Waals surface area contributed by atoms with E-state index in [0.29, 0.717) is 0 Å². The molecule has 25 atom stereocenters. The molecule has 0 aromatic rings. The Kier molecular flexibility index (Phi) is 16.0. The molecular weight excluding hydrogens is 782 g/mol. The van der Waals surface area contributed by atoms with E-state index in [4.69, 9.17) is 42.6 Å². The number of rotatable bonds is 12. The number of amides is 1. The molecule has 0 aromatic carbocycles. The third-order valence-corrected chi connectivity index (χ3v) is 10.6. The highest BCUT2D eigenvalue weighted by Gasteiger charge is 2.58. The first-order chi connectivity index (χ1) is 26.8. The van der Waals surface area contributed by atoms with Crippen molar-refractivity contribution in [3.8, 4) is 0 Å². The highest BCUT2D eigenvalue weighted by molar-refractivity contribution is 5.73. The summed E-state index contributed by atoms with van der Waals surface area (Å²) in [6, 6.07) is -1.73. The van der Waals surface area contributed by atoms with Gasteiger partial charge in [-0.15, -0.1) is 0 Å². The molecule has 15 N–H and O–H groups in total. The highest BCUT2D eigenvalue weighted by atomic mass is 16.8. The van der Waals surface area contributed by atoms with Gasteiger partial charge in [-0.2, -0.15) is 0 Å². The summed E-state index contributed by atoms with van der Waals surface area (Å²) < 4.78 is 51.9. The zero-order valence-corrected chi connectivity index (χ0v) is 30.9. The normalized spacial score (nSPS) is 52.3. The average Bonchev–Trinajstić information content (AvgIpc) is 3.18. The van der Waals surface area contributed by atoms with Gasteiger partial charge in [0.25, 0.3) is 0 Å². The van der Waals surface area contributed by atoms with Crippen LogP contribution in [0.15, 0.2) is 0 Å². The molecule has 5 fully saturated rings. The van der Waals surface area contributed by atoms with E-state index in [1.807, 2.05) is 0 Å². The van der Waals surface area contributed by atoms with Gasteiger partial charge in [0.15, 0.2) is 31.5 Å². The Morgan fingerprint density at radius 1 is 0.456 bits per heavy atom. The summed E-state index contributed by atoms with van der Waals surface area (Å²) in [4.78, 5) is 12.8. The first-order valence-corrected chi connectivity index (χ1v) is 18.3. The van der Waals surface area contributed by atoms with Crippen LogP contribution in [0.3, 0.4) is 0 Å². The fourth-order valence-electron chi connectivity index (χ4n) is 7.29. The van der Waals surface area contributed by atoms with Gasteiger partial charge in [0.1, 0.15) is 110 Å². The lowest BCUT2D eigenvalue weighted by Gasteiger charge is -2.52. The Balaban J connectivity index is 1.56. The van der Waals surface area contributed by atoms with Crippen LogP contribution in [0.2, 0.25) is 0 Å². The quantitative estimate of drug-likeness (QED) is 0.0867. The van der Waals surface area contributed by atoms with Crippen molar-refractivity contribution >= 4 is 5.91 Å². The Bertz CT molecular complexity index is 1290. The molecule has 57 heavy (non-hydrogen) atoms. The Morgan fingerprint density at radius 2 is 0.912 bits per heavy atom. The van der Waals surface area contributed by atoms with E-state index in [2.05, 4.69) is 5.32 Å². The van der Waals surface area contributed by atoms with Crippen molar-refractivity contribution in [2.45, 2.75) is 174 Å². The minimum Gasteiger partial charge on any atom is -0.394 e.